The average Bonchev–Trinajstić information content (AvgIpc) is 3.07. The predicted octanol–water partition coefficient (Wildman–Crippen LogP) is 1.28. The maximum absolute atomic E-state index is 10.3. The van der Waals surface area contributed by atoms with Crippen LogP contribution >= 0.6 is 0 Å². The Bertz CT molecular complexity index is 533. The van der Waals surface area contributed by atoms with Crippen LogP contribution in [0.5, 0.6) is 0 Å². The summed E-state index contributed by atoms with van der Waals surface area (Å²) in [5.41, 5.74) is 7.19. The molecular weight excluding hydrogens is 216 g/mol. The Hall–Kier alpha value is -1.88. The molecule has 0 aromatic carbocycles. The standard InChI is InChI=1S/C12H14N4O/c13-12-9(2-1-5-15-12)11(17)10-6-14-7-16(10)8-3-4-8/h1-2,5-8,11,17H,3-4H2,(H2,13,15). The number of nitrogens with two attached hydrogens (primary N) is 1. The summed E-state index contributed by atoms with van der Waals surface area (Å²) in [5, 5.41) is 10.3. The zero-order valence-electron chi connectivity index (χ0n) is 9.32. The molecule has 0 aliphatic heterocycles. The van der Waals surface area contributed by atoms with Crippen LogP contribution < -0.4 is 5.73 Å². The first-order valence-corrected chi connectivity index (χ1v) is 5.67. The summed E-state index contributed by atoms with van der Waals surface area (Å²) in [6, 6.07) is 4.05. The third-order valence-corrected chi connectivity index (χ3v) is 3.08. The number of aromatic nitrogens is 3. The molecule has 2 aromatic heterocycles. The minimum Gasteiger partial charge on any atom is -0.383 e. The Kier molecular flexibility index (Phi) is 2.33. The van der Waals surface area contributed by atoms with Crippen LogP contribution in [-0.4, -0.2) is 19.6 Å². The van der Waals surface area contributed by atoms with Gasteiger partial charge in [-0.15, -0.1) is 0 Å². The van der Waals surface area contributed by atoms with Crippen molar-refractivity contribution in [2.75, 3.05) is 5.73 Å². The second-order valence-corrected chi connectivity index (χ2v) is 4.34. The van der Waals surface area contributed by atoms with Crippen molar-refractivity contribution >= 4 is 5.82 Å². The molecule has 1 atom stereocenters. The molecule has 1 unspecified atom stereocenters. The molecule has 1 fully saturated rings. The Morgan fingerprint density at radius 1 is 1.47 bits per heavy atom. The predicted molar refractivity (Wildman–Crippen MR) is 63.2 cm³/mol. The van der Waals surface area contributed by atoms with Crippen LogP contribution in [0.3, 0.4) is 0 Å². The Balaban J connectivity index is 1.98. The summed E-state index contributed by atoms with van der Waals surface area (Å²) >= 11 is 0. The number of hydrogen-bond donors (Lipinski definition) is 2. The molecule has 5 heteroatoms. The van der Waals surface area contributed by atoms with Crippen molar-refractivity contribution in [1.82, 2.24) is 14.5 Å². The number of hydrogen-bond acceptors (Lipinski definition) is 4. The van der Waals surface area contributed by atoms with Gasteiger partial charge in [0.25, 0.3) is 0 Å². The van der Waals surface area contributed by atoms with Gasteiger partial charge in [0, 0.05) is 17.8 Å². The quantitative estimate of drug-likeness (QED) is 0.832. The SMILES string of the molecule is Nc1ncccc1C(O)c1cncn1C1CC1. The zero-order valence-corrected chi connectivity index (χ0v) is 9.32. The number of imidazole rings is 1. The summed E-state index contributed by atoms with van der Waals surface area (Å²) in [5.74, 6) is 0.364. The van der Waals surface area contributed by atoms with E-state index in [-0.39, 0.29) is 0 Å². The lowest BCUT2D eigenvalue weighted by Gasteiger charge is -2.14. The maximum Gasteiger partial charge on any atom is 0.129 e. The highest BCUT2D eigenvalue weighted by Gasteiger charge is 2.28. The number of rotatable bonds is 3. The highest BCUT2D eigenvalue weighted by molar-refractivity contribution is 5.43. The van der Waals surface area contributed by atoms with Gasteiger partial charge in [0.05, 0.1) is 18.2 Å². The van der Waals surface area contributed by atoms with Crippen molar-refractivity contribution in [3.63, 3.8) is 0 Å². The van der Waals surface area contributed by atoms with E-state index in [4.69, 9.17) is 5.73 Å². The summed E-state index contributed by atoms with van der Waals surface area (Å²) in [4.78, 5) is 8.09. The molecule has 1 aliphatic carbocycles. The highest BCUT2D eigenvalue weighted by Crippen LogP contribution is 2.38. The second kappa shape index (κ2) is 3.85. The van der Waals surface area contributed by atoms with E-state index < -0.39 is 6.10 Å². The van der Waals surface area contributed by atoms with E-state index >= 15 is 0 Å². The third kappa shape index (κ3) is 1.78. The average molecular weight is 230 g/mol. The number of anilines is 1. The van der Waals surface area contributed by atoms with Crippen molar-refractivity contribution in [2.24, 2.45) is 0 Å². The smallest absolute Gasteiger partial charge is 0.129 e. The number of nitrogen functional groups attached to an aromatic ring is 1. The molecule has 0 radical (unpaired) electrons. The lowest BCUT2D eigenvalue weighted by Crippen LogP contribution is -2.09. The van der Waals surface area contributed by atoms with Crippen LogP contribution in [0, 0.1) is 0 Å². The summed E-state index contributed by atoms with van der Waals surface area (Å²) in [7, 11) is 0. The first kappa shape index (κ1) is 10.3. The first-order chi connectivity index (χ1) is 8.27. The van der Waals surface area contributed by atoms with Crippen LogP contribution in [0.1, 0.15) is 36.2 Å². The molecule has 1 aliphatic rings. The summed E-state index contributed by atoms with van der Waals surface area (Å²) in [6.45, 7) is 0. The van der Waals surface area contributed by atoms with Gasteiger partial charge >= 0.3 is 0 Å². The molecule has 5 nitrogen and oxygen atoms in total. The van der Waals surface area contributed by atoms with Gasteiger partial charge in [-0.25, -0.2) is 9.97 Å². The lowest BCUT2D eigenvalue weighted by molar-refractivity contribution is 0.210. The van der Waals surface area contributed by atoms with Gasteiger partial charge in [-0.1, -0.05) is 6.07 Å². The van der Waals surface area contributed by atoms with Crippen molar-refractivity contribution in [3.8, 4) is 0 Å². The van der Waals surface area contributed by atoms with Crippen molar-refractivity contribution in [2.45, 2.75) is 25.0 Å². The van der Waals surface area contributed by atoms with Crippen LogP contribution in [-0.2, 0) is 0 Å². The van der Waals surface area contributed by atoms with Crippen LogP contribution in [0.15, 0.2) is 30.9 Å². The van der Waals surface area contributed by atoms with Crippen molar-refractivity contribution < 1.29 is 5.11 Å². The fourth-order valence-corrected chi connectivity index (χ4v) is 2.00. The van der Waals surface area contributed by atoms with E-state index in [1.54, 1.807) is 30.9 Å². The third-order valence-electron chi connectivity index (χ3n) is 3.08. The summed E-state index contributed by atoms with van der Waals surface area (Å²) < 4.78 is 2.02. The van der Waals surface area contributed by atoms with E-state index in [0.29, 0.717) is 17.4 Å². The minimum absolute atomic E-state index is 0.364. The first-order valence-electron chi connectivity index (χ1n) is 5.67. The molecule has 2 heterocycles. The normalized spacial score (nSPS) is 17.0. The molecule has 0 amide bonds. The second-order valence-electron chi connectivity index (χ2n) is 4.34. The van der Waals surface area contributed by atoms with Gasteiger partial charge in [-0.05, 0) is 18.9 Å². The summed E-state index contributed by atoms with van der Waals surface area (Å²) in [6.07, 6.45) is 6.62. The minimum atomic E-state index is -0.758. The largest absolute Gasteiger partial charge is 0.383 e. The lowest BCUT2D eigenvalue weighted by atomic mass is 10.1. The molecule has 1 saturated carbocycles. The molecule has 0 bridgehead atoms. The molecular formula is C12H14N4O. The molecule has 17 heavy (non-hydrogen) atoms. The Morgan fingerprint density at radius 2 is 2.29 bits per heavy atom. The van der Waals surface area contributed by atoms with Gasteiger partial charge < -0.3 is 15.4 Å². The van der Waals surface area contributed by atoms with E-state index in [0.717, 1.165) is 18.5 Å². The Labute approximate surface area is 98.9 Å². The van der Waals surface area contributed by atoms with Gasteiger partial charge in [-0.3, -0.25) is 0 Å². The number of aliphatic hydroxyl groups excluding tert-OH is 1. The topological polar surface area (TPSA) is 77.0 Å². The van der Waals surface area contributed by atoms with E-state index in [1.165, 1.54) is 0 Å². The van der Waals surface area contributed by atoms with Gasteiger partial charge in [0.2, 0.25) is 0 Å². The Morgan fingerprint density at radius 3 is 3.00 bits per heavy atom. The molecule has 3 N–H and O–H groups in total. The molecule has 0 spiro atoms. The number of aliphatic hydroxyl groups is 1. The van der Waals surface area contributed by atoms with Gasteiger partial charge in [0.15, 0.2) is 0 Å². The number of nitrogens with zero attached hydrogens (tertiary/aromatic N) is 3. The molecule has 88 valence electrons. The molecule has 3 rings (SSSR count). The van der Waals surface area contributed by atoms with Crippen molar-refractivity contribution in [3.05, 3.63) is 42.1 Å². The maximum atomic E-state index is 10.3. The van der Waals surface area contributed by atoms with Gasteiger partial charge in [0.1, 0.15) is 11.9 Å². The fourth-order valence-electron chi connectivity index (χ4n) is 2.00. The van der Waals surface area contributed by atoms with Gasteiger partial charge in [-0.2, -0.15) is 0 Å². The zero-order chi connectivity index (χ0) is 11.8. The van der Waals surface area contributed by atoms with Crippen molar-refractivity contribution in [1.29, 1.82) is 0 Å². The highest BCUT2D eigenvalue weighted by atomic mass is 16.3. The number of pyridine rings is 1. The van der Waals surface area contributed by atoms with E-state index in [2.05, 4.69) is 9.97 Å². The van der Waals surface area contributed by atoms with Crippen LogP contribution in [0.25, 0.3) is 0 Å². The monoisotopic (exact) mass is 230 g/mol. The fraction of sp³-hybridized carbons (Fsp3) is 0.333. The van der Waals surface area contributed by atoms with E-state index in [1.807, 2.05) is 4.57 Å². The molecule has 2 aromatic rings. The van der Waals surface area contributed by atoms with Crippen LogP contribution in [0.4, 0.5) is 5.82 Å². The molecule has 0 saturated heterocycles. The van der Waals surface area contributed by atoms with Crippen LogP contribution in [0.2, 0.25) is 0 Å². The van der Waals surface area contributed by atoms with E-state index in [9.17, 15) is 5.11 Å².